The van der Waals surface area contributed by atoms with Crippen LogP contribution >= 0.6 is 0 Å². The SMILES string of the molecule is CCc1cn[nH]c1NC(=O)c1cnoc1C. The van der Waals surface area contributed by atoms with E-state index in [1.165, 1.54) is 6.20 Å². The molecule has 2 N–H and O–H groups in total. The van der Waals surface area contributed by atoms with Crippen LogP contribution in [0.25, 0.3) is 0 Å². The van der Waals surface area contributed by atoms with Crippen molar-refractivity contribution in [2.45, 2.75) is 20.3 Å². The molecule has 0 bridgehead atoms. The van der Waals surface area contributed by atoms with Crippen molar-refractivity contribution in [2.24, 2.45) is 0 Å². The second kappa shape index (κ2) is 4.18. The van der Waals surface area contributed by atoms with Gasteiger partial charge in [-0.1, -0.05) is 12.1 Å². The van der Waals surface area contributed by atoms with Crippen LogP contribution in [0.4, 0.5) is 5.82 Å². The van der Waals surface area contributed by atoms with E-state index in [4.69, 9.17) is 4.52 Å². The van der Waals surface area contributed by atoms with Crippen LogP contribution in [0.3, 0.4) is 0 Å². The van der Waals surface area contributed by atoms with Crippen LogP contribution in [-0.2, 0) is 6.42 Å². The van der Waals surface area contributed by atoms with Gasteiger partial charge in [0.05, 0.1) is 12.4 Å². The van der Waals surface area contributed by atoms with Crippen LogP contribution < -0.4 is 5.32 Å². The van der Waals surface area contributed by atoms with E-state index in [2.05, 4.69) is 20.7 Å². The topological polar surface area (TPSA) is 83.8 Å². The number of rotatable bonds is 3. The fourth-order valence-corrected chi connectivity index (χ4v) is 1.38. The number of hydrogen-bond acceptors (Lipinski definition) is 4. The maximum Gasteiger partial charge on any atom is 0.262 e. The Hall–Kier alpha value is -2.11. The first-order chi connectivity index (χ1) is 7.72. The molecule has 16 heavy (non-hydrogen) atoms. The molecule has 0 spiro atoms. The van der Waals surface area contributed by atoms with Crippen LogP contribution in [0.2, 0.25) is 0 Å². The van der Waals surface area contributed by atoms with Gasteiger partial charge in [0, 0.05) is 5.56 Å². The Balaban J connectivity index is 2.17. The lowest BCUT2D eigenvalue weighted by atomic mass is 10.2. The lowest BCUT2D eigenvalue weighted by molar-refractivity contribution is 0.102. The van der Waals surface area contributed by atoms with Crippen molar-refractivity contribution >= 4 is 11.7 Å². The van der Waals surface area contributed by atoms with Crippen LogP contribution in [0.15, 0.2) is 16.9 Å². The van der Waals surface area contributed by atoms with Gasteiger partial charge in [0.25, 0.3) is 5.91 Å². The van der Waals surface area contributed by atoms with Crippen LogP contribution in [0, 0.1) is 6.92 Å². The molecule has 0 aliphatic rings. The maximum absolute atomic E-state index is 11.8. The highest BCUT2D eigenvalue weighted by Crippen LogP contribution is 2.14. The highest BCUT2D eigenvalue weighted by Gasteiger charge is 2.14. The first-order valence-electron chi connectivity index (χ1n) is 4.97. The van der Waals surface area contributed by atoms with Gasteiger partial charge >= 0.3 is 0 Å². The van der Waals surface area contributed by atoms with Gasteiger partial charge in [-0.2, -0.15) is 5.10 Å². The predicted octanol–water partition coefficient (Wildman–Crippen LogP) is 1.52. The molecule has 2 aromatic rings. The lowest BCUT2D eigenvalue weighted by Gasteiger charge is -2.02. The molecule has 0 atom stereocenters. The molecule has 2 rings (SSSR count). The summed E-state index contributed by atoms with van der Waals surface area (Å²) in [6, 6.07) is 0. The van der Waals surface area contributed by atoms with Crippen molar-refractivity contribution in [3.8, 4) is 0 Å². The van der Waals surface area contributed by atoms with E-state index in [1.54, 1.807) is 13.1 Å². The van der Waals surface area contributed by atoms with E-state index in [0.717, 1.165) is 12.0 Å². The summed E-state index contributed by atoms with van der Waals surface area (Å²) in [5.41, 5.74) is 1.39. The van der Waals surface area contributed by atoms with Gasteiger partial charge in [0.1, 0.15) is 17.1 Å². The summed E-state index contributed by atoms with van der Waals surface area (Å²) in [4.78, 5) is 11.8. The average Bonchev–Trinajstić information content (AvgIpc) is 2.86. The Kier molecular flexibility index (Phi) is 2.72. The van der Waals surface area contributed by atoms with Crippen molar-refractivity contribution in [3.05, 3.63) is 29.3 Å². The highest BCUT2D eigenvalue weighted by atomic mass is 16.5. The minimum absolute atomic E-state index is 0.252. The molecule has 0 saturated heterocycles. The smallest absolute Gasteiger partial charge is 0.262 e. The summed E-state index contributed by atoms with van der Waals surface area (Å²) in [6.45, 7) is 3.68. The molecule has 0 saturated carbocycles. The quantitative estimate of drug-likeness (QED) is 0.821. The zero-order chi connectivity index (χ0) is 11.5. The van der Waals surface area contributed by atoms with Crippen molar-refractivity contribution in [1.29, 1.82) is 0 Å². The number of anilines is 1. The van der Waals surface area contributed by atoms with E-state index >= 15 is 0 Å². The van der Waals surface area contributed by atoms with Gasteiger partial charge in [0.2, 0.25) is 0 Å². The van der Waals surface area contributed by atoms with E-state index in [9.17, 15) is 4.79 Å². The summed E-state index contributed by atoms with van der Waals surface area (Å²) in [5, 5.41) is 12.9. The molecule has 0 fully saturated rings. The van der Waals surface area contributed by atoms with Gasteiger partial charge in [0.15, 0.2) is 0 Å². The fourth-order valence-electron chi connectivity index (χ4n) is 1.38. The summed E-state index contributed by atoms with van der Waals surface area (Å²) in [5.74, 6) is 0.862. The predicted molar refractivity (Wildman–Crippen MR) is 57.2 cm³/mol. The van der Waals surface area contributed by atoms with Gasteiger partial charge in [-0.05, 0) is 13.3 Å². The standard InChI is InChI=1S/C10H12N4O2/c1-3-7-4-11-14-9(7)13-10(15)8-5-12-16-6(8)2/h4-5H,3H2,1-2H3,(H2,11,13,14,15). The van der Waals surface area contributed by atoms with E-state index in [1.807, 2.05) is 6.92 Å². The molecular formula is C10H12N4O2. The molecular weight excluding hydrogens is 208 g/mol. The molecule has 6 nitrogen and oxygen atoms in total. The molecule has 2 heterocycles. The van der Waals surface area contributed by atoms with Gasteiger partial charge in [-0.25, -0.2) is 0 Å². The number of H-pyrrole nitrogens is 1. The monoisotopic (exact) mass is 220 g/mol. The van der Waals surface area contributed by atoms with Crippen molar-refractivity contribution < 1.29 is 9.32 Å². The molecule has 1 amide bonds. The van der Waals surface area contributed by atoms with Gasteiger partial charge < -0.3 is 9.84 Å². The van der Waals surface area contributed by atoms with Crippen molar-refractivity contribution in [2.75, 3.05) is 5.32 Å². The molecule has 6 heteroatoms. The number of aromatic amines is 1. The Bertz CT molecular complexity index is 500. The number of aromatic nitrogens is 3. The zero-order valence-corrected chi connectivity index (χ0v) is 9.07. The van der Waals surface area contributed by atoms with E-state index in [-0.39, 0.29) is 5.91 Å². The molecule has 2 aromatic heterocycles. The lowest BCUT2D eigenvalue weighted by Crippen LogP contribution is -2.13. The molecule has 0 unspecified atom stereocenters. The Morgan fingerprint density at radius 3 is 3.00 bits per heavy atom. The fraction of sp³-hybridized carbons (Fsp3) is 0.300. The minimum atomic E-state index is -0.252. The number of amides is 1. The maximum atomic E-state index is 11.8. The first-order valence-corrected chi connectivity index (χ1v) is 4.97. The Labute approximate surface area is 92.0 Å². The first kappa shape index (κ1) is 10.4. The van der Waals surface area contributed by atoms with Crippen LogP contribution in [0.5, 0.6) is 0 Å². The summed E-state index contributed by atoms with van der Waals surface area (Å²) < 4.78 is 4.82. The number of carbonyl (C=O) groups excluding carboxylic acids is 1. The largest absolute Gasteiger partial charge is 0.361 e. The average molecular weight is 220 g/mol. The number of hydrogen-bond donors (Lipinski definition) is 2. The third-order valence-electron chi connectivity index (χ3n) is 2.33. The summed E-state index contributed by atoms with van der Waals surface area (Å²) >= 11 is 0. The minimum Gasteiger partial charge on any atom is -0.361 e. The molecule has 0 aliphatic carbocycles. The van der Waals surface area contributed by atoms with E-state index < -0.39 is 0 Å². The normalized spacial score (nSPS) is 10.4. The van der Waals surface area contributed by atoms with Crippen LogP contribution in [0.1, 0.15) is 28.6 Å². The molecule has 0 aliphatic heterocycles. The Morgan fingerprint density at radius 2 is 2.38 bits per heavy atom. The molecule has 0 aromatic carbocycles. The number of aryl methyl sites for hydroxylation is 2. The number of nitrogens with one attached hydrogen (secondary N) is 2. The van der Waals surface area contributed by atoms with Gasteiger partial charge in [-0.15, -0.1) is 0 Å². The molecule has 84 valence electrons. The second-order valence-corrected chi connectivity index (χ2v) is 3.37. The third kappa shape index (κ3) is 1.81. The van der Waals surface area contributed by atoms with Crippen molar-refractivity contribution in [3.63, 3.8) is 0 Å². The van der Waals surface area contributed by atoms with Gasteiger partial charge in [-0.3, -0.25) is 9.89 Å². The number of carbonyl (C=O) groups is 1. The van der Waals surface area contributed by atoms with E-state index in [0.29, 0.717) is 17.1 Å². The number of nitrogens with zero attached hydrogens (tertiary/aromatic N) is 2. The molecule has 0 radical (unpaired) electrons. The highest BCUT2D eigenvalue weighted by molar-refractivity contribution is 6.04. The second-order valence-electron chi connectivity index (χ2n) is 3.37. The Morgan fingerprint density at radius 1 is 1.56 bits per heavy atom. The summed E-state index contributed by atoms with van der Waals surface area (Å²) in [6.07, 6.45) is 3.89. The third-order valence-corrected chi connectivity index (χ3v) is 2.33. The summed E-state index contributed by atoms with van der Waals surface area (Å²) in [7, 11) is 0. The van der Waals surface area contributed by atoms with Crippen molar-refractivity contribution in [1.82, 2.24) is 15.4 Å². The van der Waals surface area contributed by atoms with Crippen LogP contribution in [-0.4, -0.2) is 21.3 Å². The zero-order valence-electron chi connectivity index (χ0n) is 9.07.